The van der Waals surface area contributed by atoms with E-state index in [4.69, 9.17) is 18.9 Å². The normalized spacial score (nSPS) is 12.2. The van der Waals surface area contributed by atoms with E-state index in [0.29, 0.717) is 30.3 Å². The molecule has 0 saturated carbocycles. The Labute approximate surface area is 182 Å². The zero-order chi connectivity index (χ0) is 23.1. The van der Waals surface area contributed by atoms with Crippen LogP contribution in [0.5, 0.6) is 23.0 Å². The number of carboxylic acids is 1. The largest absolute Gasteiger partial charge is 0.493 e. The third kappa shape index (κ3) is 5.06. The van der Waals surface area contributed by atoms with Crippen molar-refractivity contribution in [3.05, 3.63) is 47.0 Å². The van der Waals surface area contributed by atoms with Crippen molar-refractivity contribution in [1.29, 1.82) is 0 Å². The van der Waals surface area contributed by atoms with E-state index in [1.54, 1.807) is 12.1 Å². The third-order valence-electron chi connectivity index (χ3n) is 4.40. The van der Waals surface area contributed by atoms with Crippen LogP contribution in [0.15, 0.2) is 35.4 Å². The second kappa shape index (κ2) is 10.2. The lowest BCUT2D eigenvalue weighted by Gasteiger charge is -2.18. The summed E-state index contributed by atoms with van der Waals surface area (Å²) in [5, 5.41) is 15.7. The monoisotopic (exact) mass is 443 g/mol. The molecule has 2 amide bonds. The lowest BCUT2D eigenvalue weighted by Crippen LogP contribution is -2.35. The highest BCUT2D eigenvalue weighted by Gasteiger charge is 2.20. The first-order valence-corrected chi connectivity index (χ1v) is 9.42. The van der Waals surface area contributed by atoms with Crippen molar-refractivity contribution in [2.45, 2.75) is 0 Å². The van der Waals surface area contributed by atoms with Crippen molar-refractivity contribution in [3.8, 4) is 23.0 Å². The summed E-state index contributed by atoms with van der Waals surface area (Å²) in [4.78, 5) is 35.9. The summed E-state index contributed by atoms with van der Waals surface area (Å²) in [6, 6.07) is 7.69. The van der Waals surface area contributed by atoms with Gasteiger partial charge in [0.05, 0.1) is 27.0 Å². The second-order valence-electron chi connectivity index (χ2n) is 6.40. The quantitative estimate of drug-likeness (QED) is 0.406. The topological polar surface area (TPSA) is 145 Å². The maximum Gasteiger partial charge on any atom is 0.340 e. The van der Waals surface area contributed by atoms with Crippen molar-refractivity contribution in [2.24, 2.45) is 5.10 Å². The summed E-state index contributed by atoms with van der Waals surface area (Å²) in [5.74, 6) is -1.05. The first-order valence-electron chi connectivity index (χ1n) is 9.42. The van der Waals surface area contributed by atoms with E-state index in [1.807, 2.05) is 0 Å². The van der Waals surface area contributed by atoms with Gasteiger partial charge in [-0.3, -0.25) is 9.59 Å². The summed E-state index contributed by atoms with van der Waals surface area (Å²) in [5.41, 5.74) is 2.55. The number of amides is 2. The fourth-order valence-electron chi connectivity index (χ4n) is 2.93. The fourth-order valence-corrected chi connectivity index (χ4v) is 2.93. The Balaban J connectivity index is 1.59. The molecule has 2 aromatic carbocycles. The summed E-state index contributed by atoms with van der Waals surface area (Å²) in [7, 11) is 2.70. The first-order chi connectivity index (χ1) is 15.4. The molecule has 1 aliphatic rings. The van der Waals surface area contributed by atoms with Gasteiger partial charge in [-0.05, 0) is 30.3 Å². The summed E-state index contributed by atoms with van der Waals surface area (Å²) >= 11 is 0. The molecule has 11 nitrogen and oxygen atoms in total. The summed E-state index contributed by atoms with van der Waals surface area (Å²) < 4.78 is 21.0. The lowest BCUT2D eigenvalue weighted by molar-refractivity contribution is -0.120. The number of carboxylic acid groups (broad SMARTS) is 1. The number of hydrazone groups is 1. The third-order valence-corrected chi connectivity index (χ3v) is 4.40. The molecule has 0 spiro atoms. The van der Waals surface area contributed by atoms with Gasteiger partial charge in [0.25, 0.3) is 11.8 Å². The molecule has 1 aliphatic heterocycles. The zero-order valence-electron chi connectivity index (χ0n) is 17.3. The average molecular weight is 443 g/mol. The number of hydrogen-bond donors (Lipinski definition) is 3. The van der Waals surface area contributed by atoms with E-state index >= 15 is 0 Å². The van der Waals surface area contributed by atoms with Gasteiger partial charge in [0.1, 0.15) is 18.8 Å². The van der Waals surface area contributed by atoms with Crippen LogP contribution in [0.2, 0.25) is 0 Å². The highest BCUT2D eigenvalue weighted by Crippen LogP contribution is 2.33. The maximum atomic E-state index is 12.3. The number of ether oxygens (including phenoxy) is 4. The van der Waals surface area contributed by atoms with Crippen LogP contribution in [0.25, 0.3) is 0 Å². The molecule has 0 unspecified atom stereocenters. The molecule has 0 saturated heterocycles. The SMILES string of the molecule is COc1ccc(/C=N\NC(=O)CNC(=O)c2ccc3c(c2)OCCO3)c(C(=O)O)c1OC. The van der Waals surface area contributed by atoms with Crippen molar-refractivity contribution >= 4 is 24.0 Å². The van der Waals surface area contributed by atoms with E-state index in [2.05, 4.69) is 15.8 Å². The van der Waals surface area contributed by atoms with Crippen LogP contribution in [0.4, 0.5) is 0 Å². The van der Waals surface area contributed by atoms with E-state index in [9.17, 15) is 19.5 Å². The highest BCUT2D eigenvalue weighted by molar-refractivity contribution is 6.02. The molecule has 11 heteroatoms. The average Bonchev–Trinajstić information content (AvgIpc) is 2.81. The molecule has 0 atom stereocenters. The number of nitrogens with one attached hydrogen (secondary N) is 2. The standard InChI is InChI=1S/C21H21N3O8/c1-29-15-6-4-13(18(21(27)28)19(15)30-2)10-23-24-17(25)11-22-20(26)12-3-5-14-16(9-12)32-8-7-31-14/h3-6,9-10H,7-8,11H2,1-2H3,(H,22,26)(H,24,25)(H,27,28)/b23-10-. The van der Waals surface area contributed by atoms with Crippen LogP contribution in [-0.4, -0.2) is 63.1 Å². The first kappa shape index (κ1) is 22.4. The van der Waals surface area contributed by atoms with Gasteiger partial charge in [-0.1, -0.05) is 0 Å². The molecule has 0 bridgehead atoms. The number of carbonyl (C=O) groups excluding carboxylic acids is 2. The molecule has 1 heterocycles. The zero-order valence-corrected chi connectivity index (χ0v) is 17.3. The van der Waals surface area contributed by atoms with Gasteiger partial charge in [-0.25, -0.2) is 10.2 Å². The number of methoxy groups -OCH3 is 2. The Bertz CT molecular complexity index is 1070. The molecule has 3 rings (SSSR count). The molecule has 0 aliphatic carbocycles. The van der Waals surface area contributed by atoms with E-state index in [-0.39, 0.29) is 29.2 Å². The number of hydrogen-bond acceptors (Lipinski definition) is 8. The maximum absolute atomic E-state index is 12.3. The molecule has 2 aromatic rings. The van der Waals surface area contributed by atoms with Gasteiger partial charge in [0, 0.05) is 11.1 Å². The van der Waals surface area contributed by atoms with Crippen LogP contribution < -0.4 is 29.7 Å². The summed E-state index contributed by atoms with van der Waals surface area (Å²) in [6.07, 6.45) is 1.16. The van der Waals surface area contributed by atoms with Crippen molar-refractivity contribution in [3.63, 3.8) is 0 Å². The van der Waals surface area contributed by atoms with Gasteiger partial charge in [-0.2, -0.15) is 5.10 Å². The van der Waals surface area contributed by atoms with Gasteiger partial charge in [0.2, 0.25) is 0 Å². The van der Waals surface area contributed by atoms with Crippen LogP contribution in [0.1, 0.15) is 26.3 Å². The Kier molecular flexibility index (Phi) is 7.11. The van der Waals surface area contributed by atoms with Gasteiger partial charge in [-0.15, -0.1) is 0 Å². The van der Waals surface area contributed by atoms with Crippen molar-refractivity contribution in [1.82, 2.24) is 10.7 Å². The van der Waals surface area contributed by atoms with Crippen LogP contribution in [0, 0.1) is 0 Å². The molecule has 32 heavy (non-hydrogen) atoms. The molecule has 0 fully saturated rings. The van der Waals surface area contributed by atoms with Crippen LogP contribution in [0.3, 0.4) is 0 Å². The Morgan fingerprint density at radius 2 is 1.84 bits per heavy atom. The number of benzene rings is 2. The fraction of sp³-hybridized carbons (Fsp3) is 0.238. The molecule has 0 aromatic heterocycles. The molecule has 3 N–H and O–H groups in total. The number of rotatable bonds is 8. The molecular weight excluding hydrogens is 422 g/mol. The molecule has 168 valence electrons. The molecular formula is C21H21N3O8. The molecule has 0 radical (unpaired) electrons. The number of nitrogens with zero attached hydrogens (tertiary/aromatic N) is 1. The van der Waals surface area contributed by atoms with Crippen molar-refractivity contribution in [2.75, 3.05) is 34.0 Å². The minimum absolute atomic E-state index is 0.0296. The Morgan fingerprint density at radius 1 is 1.09 bits per heavy atom. The van der Waals surface area contributed by atoms with Gasteiger partial charge >= 0.3 is 5.97 Å². The highest BCUT2D eigenvalue weighted by atomic mass is 16.6. The van der Waals surface area contributed by atoms with Crippen LogP contribution >= 0.6 is 0 Å². The van der Waals surface area contributed by atoms with Crippen molar-refractivity contribution < 1.29 is 38.4 Å². The van der Waals surface area contributed by atoms with Gasteiger partial charge in [0.15, 0.2) is 23.0 Å². The predicted molar refractivity (Wildman–Crippen MR) is 112 cm³/mol. The second-order valence-corrected chi connectivity index (χ2v) is 6.40. The Morgan fingerprint density at radius 3 is 2.53 bits per heavy atom. The number of aromatic carboxylic acids is 1. The van der Waals surface area contributed by atoms with Crippen LogP contribution in [-0.2, 0) is 4.79 Å². The minimum Gasteiger partial charge on any atom is -0.493 e. The van der Waals surface area contributed by atoms with E-state index in [0.717, 1.165) is 6.21 Å². The van der Waals surface area contributed by atoms with E-state index < -0.39 is 17.8 Å². The van der Waals surface area contributed by atoms with E-state index in [1.165, 1.54) is 32.4 Å². The van der Waals surface area contributed by atoms with Gasteiger partial charge < -0.3 is 29.4 Å². The minimum atomic E-state index is -1.25. The number of carbonyl (C=O) groups is 3. The predicted octanol–water partition coefficient (Wildman–Crippen LogP) is 1.05. The number of fused-ring (bicyclic) bond motifs is 1. The summed E-state index contributed by atoms with van der Waals surface area (Å²) in [6.45, 7) is 0.487. The smallest absolute Gasteiger partial charge is 0.340 e. The lowest BCUT2D eigenvalue weighted by atomic mass is 10.1. The Hall–Kier alpha value is -4.28.